The van der Waals surface area contributed by atoms with Gasteiger partial charge in [-0.2, -0.15) is 9.23 Å². The van der Waals surface area contributed by atoms with E-state index in [1.807, 2.05) is 66.9 Å². The third-order valence-electron chi connectivity index (χ3n) is 7.21. The molecule has 5 aromatic rings. The third kappa shape index (κ3) is 4.44. The standard InChI is InChI=1S/C31H24FN3O3S2/c1-19-6-9-24(10-7-19)40(37)35-27-11-8-22(32)15-26(27)29(25-12-13-39-28(25)16-33)30(35)20-4-3-5-23(14-20)34-17-21(18-34)31(36)38-2/h3-15,21H,17-18H2,1-2H3. The predicted molar refractivity (Wildman–Crippen MR) is 156 cm³/mol. The molecule has 1 unspecified atom stereocenters. The van der Waals surface area contributed by atoms with E-state index in [9.17, 15) is 19.0 Å². The van der Waals surface area contributed by atoms with Gasteiger partial charge in [0, 0.05) is 40.9 Å². The number of benzene rings is 3. The number of ether oxygens (including phenoxy) is 1. The number of carbonyl (C=O) groups is 1. The highest BCUT2D eigenvalue weighted by molar-refractivity contribution is 7.90. The highest BCUT2D eigenvalue weighted by Crippen LogP contribution is 2.46. The van der Waals surface area contributed by atoms with E-state index in [1.54, 1.807) is 10.0 Å². The van der Waals surface area contributed by atoms with Crippen molar-refractivity contribution in [1.29, 1.82) is 5.26 Å². The fourth-order valence-electron chi connectivity index (χ4n) is 5.15. The van der Waals surface area contributed by atoms with Crippen LogP contribution < -0.4 is 4.90 Å². The maximum Gasteiger partial charge on any atom is 0.312 e. The van der Waals surface area contributed by atoms with Gasteiger partial charge in [-0.25, -0.2) is 4.39 Å². The number of nitrogens with zero attached hydrogens (tertiary/aromatic N) is 3. The zero-order valence-corrected chi connectivity index (χ0v) is 23.4. The van der Waals surface area contributed by atoms with E-state index in [4.69, 9.17) is 4.74 Å². The average molecular weight is 570 g/mol. The minimum absolute atomic E-state index is 0.184. The zero-order valence-electron chi connectivity index (χ0n) is 21.8. The summed E-state index contributed by atoms with van der Waals surface area (Å²) < 4.78 is 35.6. The minimum atomic E-state index is -1.68. The average Bonchev–Trinajstić information content (AvgIpc) is 3.54. The first-order valence-electron chi connectivity index (χ1n) is 12.6. The van der Waals surface area contributed by atoms with E-state index < -0.39 is 17.2 Å². The molecular formula is C31H24FN3O3S2. The lowest BCUT2D eigenvalue weighted by Gasteiger charge is -2.39. The maximum atomic E-state index is 14.7. The van der Waals surface area contributed by atoms with Crippen LogP contribution >= 0.6 is 11.3 Å². The molecule has 200 valence electrons. The highest BCUT2D eigenvalue weighted by Gasteiger charge is 2.35. The summed E-state index contributed by atoms with van der Waals surface area (Å²) in [6.45, 7) is 3.04. The van der Waals surface area contributed by atoms with Gasteiger partial charge in [0.05, 0.1) is 18.5 Å². The smallest absolute Gasteiger partial charge is 0.312 e. The normalized spacial score (nSPS) is 14.1. The molecule has 0 saturated carbocycles. The Bertz CT molecular complexity index is 1780. The van der Waals surface area contributed by atoms with Crippen LogP contribution in [0.3, 0.4) is 0 Å². The summed E-state index contributed by atoms with van der Waals surface area (Å²) >= 11 is -0.366. The molecule has 3 heterocycles. The lowest BCUT2D eigenvalue weighted by molar-refractivity contribution is -0.146. The minimum Gasteiger partial charge on any atom is -0.587 e. The Morgan fingerprint density at radius 1 is 1.12 bits per heavy atom. The van der Waals surface area contributed by atoms with Crippen LogP contribution in [0.15, 0.2) is 83.1 Å². The summed E-state index contributed by atoms with van der Waals surface area (Å²) in [6.07, 6.45) is 0. The number of aromatic nitrogens is 1. The Hall–Kier alpha value is -4.10. The quantitative estimate of drug-likeness (QED) is 0.171. The van der Waals surface area contributed by atoms with Crippen molar-refractivity contribution >= 4 is 45.3 Å². The Balaban J connectivity index is 1.59. The van der Waals surface area contributed by atoms with E-state index in [-0.39, 0.29) is 11.9 Å². The van der Waals surface area contributed by atoms with Gasteiger partial charge in [0.2, 0.25) is 0 Å². The van der Waals surface area contributed by atoms with Crippen LogP contribution in [0.4, 0.5) is 10.1 Å². The predicted octanol–water partition coefficient (Wildman–Crippen LogP) is 6.54. The summed E-state index contributed by atoms with van der Waals surface area (Å²) in [5, 5.41) is 12.3. The number of hydrogen-bond donors (Lipinski definition) is 0. The fourth-order valence-corrected chi connectivity index (χ4v) is 7.12. The van der Waals surface area contributed by atoms with Gasteiger partial charge in [-0.15, -0.1) is 11.3 Å². The van der Waals surface area contributed by atoms with Gasteiger partial charge in [-0.3, -0.25) is 4.79 Å². The number of hydrogen-bond acceptors (Lipinski definition) is 6. The van der Waals surface area contributed by atoms with Crippen LogP contribution in [-0.2, 0) is 20.9 Å². The van der Waals surface area contributed by atoms with Gasteiger partial charge in [0.15, 0.2) is 4.90 Å². The van der Waals surface area contributed by atoms with Crippen molar-refractivity contribution in [2.45, 2.75) is 11.8 Å². The van der Waals surface area contributed by atoms with E-state index in [2.05, 4.69) is 11.0 Å². The lowest BCUT2D eigenvalue weighted by Crippen LogP contribution is -2.50. The Morgan fingerprint density at radius 3 is 2.62 bits per heavy atom. The molecule has 1 aliphatic heterocycles. The van der Waals surface area contributed by atoms with E-state index >= 15 is 0 Å². The first-order chi connectivity index (χ1) is 19.4. The molecule has 2 aromatic heterocycles. The van der Waals surface area contributed by atoms with Crippen molar-refractivity contribution in [2.24, 2.45) is 5.92 Å². The monoisotopic (exact) mass is 569 g/mol. The molecule has 0 radical (unpaired) electrons. The lowest BCUT2D eigenvalue weighted by atomic mass is 9.96. The van der Waals surface area contributed by atoms with Crippen molar-refractivity contribution < 1.29 is 18.5 Å². The van der Waals surface area contributed by atoms with Gasteiger partial charge in [-0.05, 0) is 60.8 Å². The molecule has 1 aliphatic rings. The molecule has 6 nitrogen and oxygen atoms in total. The number of nitriles is 1. The fraction of sp³-hybridized carbons (Fsp3) is 0.161. The molecule has 0 N–H and O–H groups in total. The molecule has 1 saturated heterocycles. The number of carbonyl (C=O) groups excluding carboxylic acids is 1. The van der Waals surface area contributed by atoms with Crippen LogP contribution in [0.25, 0.3) is 33.3 Å². The van der Waals surface area contributed by atoms with Crippen molar-refractivity contribution in [1.82, 2.24) is 3.97 Å². The summed E-state index contributed by atoms with van der Waals surface area (Å²) in [7, 11) is 1.39. The van der Waals surface area contributed by atoms with Crippen LogP contribution in [0.1, 0.15) is 10.4 Å². The molecule has 1 atom stereocenters. The molecule has 0 aliphatic carbocycles. The number of aryl methyl sites for hydroxylation is 1. The van der Waals surface area contributed by atoms with E-state index in [0.29, 0.717) is 50.6 Å². The Kier molecular flexibility index (Phi) is 6.84. The second kappa shape index (κ2) is 10.5. The van der Waals surface area contributed by atoms with Crippen LogP contribution in [0.5, 0.6) is 0 Å². The SMILES string of the molecule is COC(=O)C1CN(c2cccc(-c3c(-c4ccsc4C#N)c4cc(F)ccc4n3[S+]([O-])c3ccc(C)cc3)c2)C1. The second-order valence-electron chi connectivity index (χ2n) is 9.69. The summed E-state index contributed by atoms with van der Waals surface area (Å²) in [5.41, 5.74) is 5.26. The van der Waals surface area contributed by atoms with Crippen LogP contribution in [0.2, 0.25) is 0 Å². The topological polar surface area (TPSA) is 81.3 Å². The van der Waals surface area contributed by atoms with Crippen LogP contribution in [-0.4, -0.2) is 34.7 Å². The van der Waals surface area contributed by atoms with Gasteiger partial charge in [0.1, 0.15) is 33.8 Å². The van der Waals surface area contributed by atoms with Crippen LogP contribution in [0, 0.1) is 30.0 Å². The Labute approximate surface area is 238 Å². The van der Waals surface area contributed by atoms with Gasteiger partial charge < -0.3 is 14.2 Å². The number of anilines is 1. The molecule has 6 rings (SSSR count). The van der Waals surface area contributed by atoms with Crippen molar-refractivity contribution in [3.8, 4) is 28.5 Å². The molecule has 0 amide bonds. The molecule has 1 fully saturated rings. The molecule has 3 aromatic carbocycles. The number of thiophene rings is 1. The van der Waals surface area contributed by atoms with Gasteiger partial charge >= 0.3 is 5.97 Å². The number of rotatable bonds is 6. The van der Waals surface area contributed by atoms with E-state index in [0.717, 1.165) is 16.8 Å². The number of fused-ring (bicyclic) bond motifs is 1. The molecule has 40 heavy (non-hydrogen) atoms. The van der Waals surface area contributed by atoms with Crippen molar-refractivity contribution in [3.63, 3.8) is 0 Å². The molecular weight excluding hydrogens is 545 g/mol. The van der Waals surface area contributed by atoms with Crippen molar-refractivity contribution in [3.05, 3.63) is 94.4 Å². The summed E-state index contributed by atoms with van der Waals surface area (Å²) in [4.78, 5) is 15.1. The number of halogens is 1. The van der Waals surface area contributed by atoms with Gasteiger partial charge in [0.25, 0.3) is 0 Å². The first-order valence-corrected chi connectivity index (χ1v) is 14.6. The molecule has 9 heteroatoms. The van der Waals surface area contributed by atoms with Crippen molar-refractivity contribution in [2.75, 3.05) is 25.1 Å². The Morgan fingerprint density at radius 2 is 1.90 bits per heavy atom. The molecule has 0 bridgehead atoms. The maximum absolute atomic E-state index is 14.7. The summed E-state index contributed by atoms with van der Waals surface area (Å²) in [5.74, 6) is -0.834. The third-order valence-corrected chi connectivity index (χ3v) is 9.42. The summed E-state index contributed by atoms with van der Waals surface area (Å²) in [6, 6.07) is 23.8. The number of esters is 1. The largest absolute Gasteiger partial charge is 0.587 e. The molecule has 0 spiro atoms. The highest BCUT2D eigenvalue weighted by atomic mass is 32.2. The zero-order chi connectivity index (χ0) is 28.0. The first kappa shape index (κ1) is 26.1. The second-order valence-corrected chi connectivity index (χ2v) is 11.9. The van der Waals surface area contributed by atoms with E-state index in [1.165, 1.54) is 30.6 Å². The number of methoxy groups -OCH3 is 1. The van der Waals surface area contributed by atoms with Gasteiger partial charge in [-0.1, -0.05) is 29.8 Å².